The van der Waals surface area contributed by atoms with E-state index in [0.717, 1.165) is 0 Å². The predicted molar refractivity (Wildman–Crippen MR) is 54.6 cm³/mol. The van der Waals surface area contributed by atoms with Gasteiger partial charge < -0.3 is 10.1 Å². The Morgan fingerprint density at radius 3 is 2.69 bits per heavy atom. The van der Waals surface area contributed by atoms with Crippen molar-refractivity contribution in [2.24, 2.45) is 0 Å². The largest absolute Gasteiger partial charge is 3.00 e. The van der Waals surface area contributed by atoms with Gasteiger partial charge in [0.2, 0.25) is 0 Å². The molecule has 0 bridgehead atoms. The minimum atomic E-state index is -0.566. The van der Waals surface area contributed by atoms with Gasteiger partial charge in [0.1, 0.15) is 5.54 Å². The molecule has 0 aromatic heterocycles. The van der Waals surface area contributed by atoms with Gasteiger partial charge in [-0.3, -0.25) is 9.80 Å². The first kappa shape index (κ1) is 14.2. The zero-order valence-electron chi connectivity index (χ0n) is 9.86. The van der Waals surface area contributed by atoms with E-state index in [0.29, 0.717) is 13.0 Å². The van der Waals surface area contributed by atoms with E-state index in [-0.39, 0.29) is 44.7 Å². The number of nitrogens with one attached hydrogen (secondary N) is 1. The molecule has 5 nitrogen and oxygen atoms in total. The molecule has 2 heterocycles. The van der Waals surface area contributed by atoms with E-state index in [9.17, 15) is 9.59 Å². The van der Waals surface area contributed by atoms with Crippen molar-refractivity contribution >= 4 is 12.2 Å². The number of amides is 1. The average Bonchev–Trinajstić information content (AvgIpc) is 2.67. The van der Waals surface area contributed by atoms with E-state index < -0.39 is 11.6 Å². The standard InChI is InChI=1S/C10H16N3O2.Y/c1-7-4-8(5-14)13-9(15)10(2,11-3)6-12(7)13;/h7-8,11H,4,6H2,1-3H3;/q-1;+3. The minimum absolute atomic E-state index is 0. The first-order valence-electron chi connectivity index (χ1n) is 5.20. The first-order valence-corrected chi connectivity index (χ1v) is 5.20. The molecule has 1 amide bonds. The van der Waals surface area contributed by atoms with Gasteiger partial charge in [-0.15, -0.1) is 0 Å². The molecule has 0 aromatic rings. The third-order valence-electron chi connectivity index (χ3n) is 3.49. The fourth-order valence-corrected chi connectivity index (χ4v) is 2.35. The average molecular weight is 299 g/mol. The number of nitrogens with zero attached hydrogens (tertiary/aromatic N) is 2. The van der Waals surface area contributed by atoms with Gasteiger partial charge in [0.25, 0.3) is 5.91 Å². The Labute approximate surface area is 121 Å². The summed E-state index contributed by atoms with van der Waals surface area (Å²) >= 11 is 0. The maximum absolute atomic E-state index is 12.1. The van der Waals surface area contributed by atoms with Gasteiger partial charge in [-0.2, -0.15) is 0 Å². The quantitative estimate of drug-likeness (QED) is 0.685. The molecule has 6 heteroatoms. The second-order valence-corrected chi connectivity index (χ2v) is 4.55. The first-order chi connectivity index (χ1) is 7.03. The Kier molecular flexibility index (Phi) is 4.27. The smallest absolute Gasteiger partial charge is 0.540 e. The Balaban J connectivity index is 0.00000128. The second-order valence-electron chi connectivity index (χ2n) is 4.55. The number of hydrogen-bond donors (Lipinski definition) is 1. The van der Waals surface area contributed by atoms with E-state index in [1.807, 2.05) is 25.1 Å². The summed E-state index contributed by atoms with van der Waals surface area (Å²) in [5, 5.41) is 6.55. The van der Waals surface area contributed by atoms with Crippen LogP contribution in [0.2, 0.25) is 0 Å². The molecule has 2 aliphatic heterocycles. The summed E-state index contributed by atoms with van der Waals surface area (Å²) in [5.41, 5.74) is -0.566. The fourth-order valence-electron chi connectivity index (χ4n) is 2.35. The third kappa shape index (κ3) is 1.88. The molecule has 2 saturated heterocycles. The fraction of sp³-hybridized carbons (Fsp3) is 0.800. The summed E-state index contributed by atoms with van der Waals surface area (Å²) in [5.74, 6) is -0.0253. The van der Waals surface area contributed by atoms with Crippen LogP contribution in [0, 0.1) is 0 Å². The summed E-state index contributed by atoms with van der Waals surface area (Å²) < 4.78 is 0. The van der Waals surface area contributed by atoms with Gasteiger partial charge >= 0.3 is 32.7 Å². The molecule has 0 radical (unpaired) electrons. The van der Waals surface area contributed by atoms with Crippen LogP contribution in [-0.2, 0) is 42.3 Å². The van der Waals surface area contributed by atoms with E-state index in [4.69, 9.17) is 0 Å². The molecule has 2 aliphatic rings. The number of hydrogen-bond acceptors (Lipinski definition) is 4. The minimum Gasteiger partial charge on any atom is -0.540 e. The van der Waals surface area contributed by atoms with Crippen molar-refractivity contribution < 1.29 is 42.3 Å². The Bertz CT molecular complexity index is 312. The molecular weight excluding hydrogens is 283 g/mol. The van der Waals surface area contributed by atoms with E-state index in [1.165, 1.54) is 0 Å². The van der Waals surface area contributed by atoms with Crippen molar-refractivity contribution in [3.05, 3.63) is 0 Å². The molecular formula is C10H16N3O2Y+2. The monoisotopic (exact) mass is 299 g/mol. The topological polar surface area (TPSA) is 52.7 Å². The third-order valence-corrected chi connectivity index (χ3v) is 3.49. The van der Waals surface area contributed by atoms with Crippen LogP contribution in [0.4, 0.5) is 0 Å². The molecule has 0 saturated carbocycles. The molecule has 2 fully saturated rings. The van der Waals surface area contributed by atoms with Crippen LogP contribution in [0.1, 0.15) is 20.3 Å². The van der Waals surface area contributed by atoms with E-state index >= 15 is 0 Å². The summed E-state index contributed by atoms with van der Waals surface area (Å²) in [7, 11) is 1.77. The van der Waals surface area contributed by atoms with Gasteiger partial charge in [0, 0.05) is 12.6 Å². The Morgan fingerprint density at radius 1 is 1.56 bits per heavy atom. The number of likely N-dealkylation sites (N-methyl/N-ethyl adjacent to an activating group) is 1. The van der Waals surface area contributed by atoms with Crippen LogP contribution in [0.3, 0.4) is 0 Å². The summed E-state index contributed by atoms with van der Waals surface area (Å²) in [6, 6.07) is -0.168. The molecule has 3 unspecified atom stereocenters. The van der Waals surface area contributed by atoms with Crippen LogP contribution in [0.25, 0.3) is 0 Å². The van der Waals surface area contributed by atoms with Gasteiger partial charge in [-0.05, 0) is 33.4 Å². The Hall–Kier alpha value is 0.164. The normalized spacial score (nSPS) is 38.4. The van der Waals surface area contributed by atoms with Gasteiger partial charge in [0.15, 0.2) is 0 Å². The molecule has 1 N–H and O–H groups in total. The number of carbonyl (C=O) groups is 1. The number of fused-ring (bicyclic) bond motifs is 1. The van der Waals surface area contributed by atoms with Crippen molar-refractivity contribution in [2.45, 2.75) is 37.9 Å². The maximum Gasteiger partial charge on any atom is 3.00 e. The molecule has 0 aliphatic carbocycles. The zero-order valence-corrected chi connectivity index (χ0v) is 12.7. The van der Waals surface area contributed by atoms with Crippen LogP contribution in [0.5, 0.6) is 0 Å². The Morgan fingerprint density at radius 2 is 2.19 bits per heavy atom. The van der Waals surface area contributed by atoms with Crippen molar-refractivity contribution in [1.29, 1.82) is 0 Å². The predicted octanol–water partition coefficient (Wildman–Crippen LogP) is -0.708. The van der Waals surface area contributed by atoms with Crippen molar-refractivity contribution in [1.82, 2.24) is 15.3 Å². The summed E-state index contributed by atoms with van der Waals surface area (Å²) in [4.78, 5) is 22.9. The van der Waals surface area contributed by atoms with E-state index in [1.54, 1.807) is 12.1 Å². The van der Waals surface area contributed by atoms with Gasteiger partial charge in [-0.1, -0.05) is 0 Å². The van der Waals surface area contributed by atoms with Crippen LogP contribution in [-0.4, -0.2) is 53.4 Å². The van der Waals surface area contributed by atoms with Gasteiger partial charge in [0.05, 0.1) is 0 Å². The number of carbonyl (C=O) groups excluding carboxylic acids is 2. The van der Waals surface area contributed by atoms with Crippen LogP contribution in [0.15, 0.2) is 0 Å². The molecule has 2 rings (SSSR count). The van der Waals surface area contributed by atoms with E-state index in [2.05, 4.69) is 5.32 Å². The summed E-state index contributed by atoms with van der Waals surface area (Å²) in [6.07, 6.45) is 2.63. The zero-order chi connectivity index (χ0) is 11.2. The molecule has 16 heavy (non-hydrogen) atoms. The van der Waals surface area contributed by atoms with Crippen molar-refractivity contribution in [2.75, 3.05) is 13.6 Å². The maximum atomic E-state index is 12.1. The summed E-state index contributed by atoms with van der Waals surface area (Å²) in [6.45, 7) is 4.52. The molecule has 84 valence electrons. The van der Waals surface area contributed by atoms with Crippen molar-refractivity contribution in [3.8, 4) is 0 Å². The number of rotatable bonds is 2. The SMILES string of the molecule is CNC1(C)CN2C(C)CC([C-]=O)N2C1=O.[Y+3]. The van der Waals surface area contributed by atoms with Crippen molar-refractivity contribution in [3.63, 3.8) is 0 Å². The van der Waals surface area contributed by atoms with Gasteiger partial charge in [-0.25, -0.2) is 11.3 Å². The number of hydrazine groups is 1. The van der Waals surface area contributed by atoms with Crippen LogP contribution < -0.4 is 5.32 Å². The molecule has 0 aromatic carbocycles. The second kappa shape index (κ2) is 4.80. The van der Waals surface area contributed by atoms with Crippen LogP contribution >= 0.6 is 0 Å². The molecule has 0 spiro atoms. The molecule has 3 atom stereocenters.